The molecule has 9 nitrogen and oxygen atoms in total. The molecule has 5 rings (SSSR count). The zero-order valence-electron chi connectivity index (χ0n) is 13.8. The molecule has 0 aromatic carbocycles. The molecule has 1 N–H and O–H groups in total. The molecule has 0 atom stereocenters. The summed E-state index contributed by atoms with van der Waals surface area (Å²) in [6.07, 6.45) is 6.91. The summed E-state index contributed by atoms with van der Waals surface area (Å²) >= 11 is 0. The van der Waals surface area contributed by atoms with Crippen molar-refractivity contribution >= 4 is 33.8 Å². The van der Waals surface area contributed by atoms with Crippen molar-refractivity contribution in [1.82, 2.24) is 34.5 Å². The van der Waals surface area contributed by atoms with Crippen molar-refractivity contribution in [3.8, 4) is 0 Å². The van der Waals surface area contributed by atoms with Crippen molar-refractivity contribution in [2.45, 2.75) is 0 Å². The van der Waals surface area contributed by atoms with Crippen LogP contribution in [0.3, 0.4) is 0 Å². The first-order valence-electron chi connectivity index (χ1n) is 8.21. The minimum absolute atomic E-state index is 0.855. The fraction of sp³-hybridized carbons (Fsp3) is 0.312. The maximum atomic E-state index is 4.49. The quantitative estimate of drug-likeness (QED) is 0.583. The number of fused-ring (bicyclic) bond motifs is 2. The fourth-order valence-electron chi connectivity index (χ4n) is 3.41. The van der Waals surface area contributed by atoms with Gasteiger partial charge in [-0.2, -0.15) is 0 Å². The molecule has 0 unspecified atom stereocenters. The predicted molar refractivity (Wildman–Crippen MR) is 94.6 cm³/mol. The van der Waals surface area contributed by atoms with Gasteiger partial charge in [0.1, 0.15) is 24.1 Å². The Kier molecular flexibility index (Phi) is 3.06. The van der Waals surface area contributed by atoms with Gasteiger partial charge in [0.15, 0.2) is 17.0 Å². The molecule has 126 valence electrons. The smallest absolute Gasteiger partial charge is 0.165 e. The Morgan fingerprint density at radius 1 is 0.880 bits per heavy atom. The lowest BCUT2D eigenvalue weighted by molar-refractivity contribution is 0.644. The molecule has 4 aromatic heterocycles. The van der Waals surface area contributed by atoms with Gasteiger partial charge in [-0.1, -0.05) is 0 Å². The van der Waals surface area contributed by atoms with Crippen LogP contribution in [-0.4, -0.2) is 60.6 Å². The maximum absolute atomic E-state index is 4.49. The van der Waals surface area contributed by atoms with Crippen molar-refractivity contribution in [2.24, 2.45) is 7.05 Å². The van der Waals surface area contributed by atoms with Crippen LogP contribution in [0.25, 0.3) is 22.2 Å². The van der Waals surface area contributed by atoms with Crippen LogP contribution >= 0.6 is 0 Å². The molecule has 4 aromatic rings. The van der Waals surface area contributed by atoms with Crippen molar-refractivity contribution in [2.75, 3.05) is 36.0 Å². The highest BCUT2D eigenvalue weighted by atomic mass is 15.3. The van der Waals surface area contributed by atoms with Gasteiger partial charge in [0, 0.05) is 39.4 Å². The predicted octanol–water partition coefficient (Wildman–Crippen LogP) is 0.961. The minimum Gasteiger partial charge on any atom is -0.352 e. The first kappa shape index (κ1) is 14.1. The van der Waals surface area contributed by atoms with Gasteiger partial charge in [-0.25, -0.2) is 24.9 Å². The molecule has 9 heteroatoms. The summed E-state index contributed by atoms with van der Waals surface area (Å²) in [5.74, 6) is 1.89. The first-order chi connectivity index (χ1) is 12.3. The van der Waals surface area contributed by atoms with E-state index in [4.69, 9.17) is 0 Å². The zero-order chi connectivity index (χ0) is 16.8. The van der Waals surface area contributed by atoms with E-state index in [1.165, 1.54) is 0 Å². The number of rotatable bonds is 2. The van der Waals surface area contributed by atoms with Crippen molar-refractivity contribution in [3.05, 3.63) is 31.2 Å². The van der Waals surface area contributed by atoms with E-state index < -0.39 is 0 Å². The lowest BCUT2D eigenvalue weighted by Gasteiger charge is -2.36. The largest absolute Gasteiger partial charge is 0.352 e. The average Bonchev–Trinajstić information content (AvgIpc) is 3.28. The molecule has 0 radical (unpaired) electrons. The molecule has 1 aliphatic rings. The molecule has 0 bridgehead atoms. The van der Waals surface area contributed by atoms with E-state index in [-0.39, 0.29) is 0 Å². The summed E-state index contributed by atoms with van der Waals surface area (Å²) in [7, 11) is 1.95. The Balaban J connectivity index is 1.42. The average molecular weight is 335 g/mol. The molecule has 0 saturated carbocycles. The Hall–Kier alpha value is -3.23. The van der Waals surface area contributed by atoms with Crippen molar-refractivity contribution in [3.63, 3.8) is 0 Å². The van der Waals surface area contributed by atoms with Gasteiger partial charge in [-0.15, -0.1) is 0 Å². The van der Waals surface area contributed by atoms with E-state index in [1.54, 1.807) is 19.0 Å². The van der Waals surface area contributed by atoms with Crippen LogP contribution in [0.2, 0.25) is 0 Å². The van der Waals surface area contributed by atoms with Crippen LogP contribution in [0.1, 0.15) is 0 Å². The molecule has 25 heavy (non-hydrogen) atoms. The van der Waals surface area contributed by atoms with Crippen LogP contribution in [0, 0.1) is 0 Å². The van der Waals surface area contributed by atoms with Gasteiger partial charge in [0.05, 0.1) is 11.7 Å². The molecular weight excluding hydrogens is 318 g/mol. The van der Waals surface area contributed by atoms with Gasteiger partial charge in [0.25, 0.3) is 0 Å². The van der Waals surface area contributed by atoms with Gasteiger partial charge < -0.3 is 19.4 Å². The van der Waals surface area contributed by atoms with E-state index in [0.717, 1.165) is 60.0 Å². The fourth-order valence-corrected chi connectivity index (χ4v) is 3.41. The Labute approximate surface area is 143 Å². The third-order valence-corrected chi connectivity index (χ3v) is 4.69. The number of imidazole rings is 1. The van der Waals surface area contributed by atoms with Crippen LogP contribution in [0.5, 0.6) is 0 Å². The number of nitrogens with zero attached hydrogens (tertiary/aromatic N) is 8. The highest BCUT2D eigenvalue weighted by Crippen LogP contribution is 2.26. The second-order valence-electron chi connectivity index (χ2n) is 6.14. The molecule has 5 heterocycles. The maximum Gasteiger partial charge on any atom is 0.165 e. The zero-order valence-corrected chi connectivity index (χ0v) is 13.8. The third-order valence-electron chi connectivity index (χ3n) is 4.69. The molecular formula is C16H17N9. The highest BCUT2D eigenvalue weighted by Gasteiger charge is 2.23. The van der Waals surface area contributed by atoms with E-state index in [9.17, 15) is 0 Å². The van der Waals surface area contributed by atoms with Gasteiger partial charge in [0.2, 0.25) is 0 Å². The highest BCUT2D eigenvalue weighted by molar-refractivity contribution is 5.87. The number of nitrogens with one attached hydrogen (secondary N) is 1. The van der Waals surface area contributed by atoms with Gasteiger partial charge in [-0.3, -0.25) is 0 Å². The number of hydrogen-bond donors (Lipinski definition) is 1. The lowest BCUT2D eigenvalue weighted by Crippen LogP contribution is -2.47. The monoisotopic (exact) mass is 335 g/mol. The first-order valence-corrected chi connectivity index (χ1v) is 8.21. The van der Waals surface area contributed by atoms with E-state index in [1.807, 2.05) is 23.9 Å². The van der Waals surface area contributed by atoms with Gasteiger partial charge in [-0.05, 0) is 6.07 Å². The van der Waals surface area contributed by atoms with E-state index in [2.05, 4.69) is 39.7 Å². The second kappa shape index (κ2) is 5.40. The van der Waals surface area contributed by atoms with Crippen LogP contribution in [0.4, 0.5) is 11.6 Å². The van der Waals surface area contributed by atoms with Crippen LogP contribution in [0.15, 0.2) is 31.2 Å². The number of aromatic nitrogens is 7. The SMILES string of the molecule is Cn1cnc2c(N3CCN(c4ncnc5[nH]ccc45)CC3)ncnc21. The summed E-state index contributed by atoms with van der Waals surface area (Å²) in [4.78, 5) is 29.7. The standard InChI is InChI=1S/C16H17N9/c1-23-10-22-12-15(23)20-9-21-16(12)25-6-4-24(5-7-25)14-11-2-3-17-13(11)18-8-19-14/h2-3,8-10H,4-7H2,1H3,(H,17,18,19). The molecule has 0 aliphatic carbocycles. The number of anilines is 2. The lowest BCUT2D eigenvalue weighted by atomic mass is 10.2. The molecule has 0 amide bonds. The molecule has 0 spiro atoms. The van der Waals surface area contributed by atoms with Crippen molar-refractivity contribution < 1.29 is 0 Å². The third kappa shape index (κ3) is 2.19. The topological polar surface area (TPSA) is 91.7 Å². The Bertz CT molecular complexity index is 1040. The van der Waals surface area contributed by atoms with Crippen LogP contribution in [-0.2, 0) is 7.05 Å². The molecule has 1 saturated heterocycles. The summed E-state index contributed by atoms with van der Waals surface area (Å²) in [6, 6.07) is 2.03. The Morgan fingerprint density at radius 2 is 1.60 bits per heavy atom. The van der Waals surface area contributed by atoms with Gasteiger partial charge >= 0.3 is 0 Å². The summed E-state index contributed by atoms with van der Waals surface area (Å²) in [5, 5.41) is 1.06. The van der Waals surface area contributed by atoms with Crippen LogP contribution < -0.4 is 9.80 Å². The summed E-state index contributed by atoms with van der Waals surface area (Å²) in [6.45, 7) is 3.46. The number of hydrogen-bond acceptors (Lipinski definition) is 7. The number of piperazine rings is 1. The number of aryl methyl sites for hydroxylation is 1. The molecule has 1 fully saturated rings. The number of H-pyrrole nitrogens is 1. The second-order valence-corrected chi connectivity index (χ2v) is 6.14. The van der Waals surface area contributed by atoms with Crippen molar-refractivity contribution in [1.29, 1.82) is 0 Å². The minimum atomic E-state index is 0.855. The van der Waals surface area contributed by atoms with E-state index in [0.29, 0.717) is 0 Å². The summed E-state index contributed by atoms with van der Waals surface area (Å²) < 4.78 is 1.92. The molecule has 1 aliphatic heterocycles. The summed E-state index contributed by atoms with van der Waals surface area (Å²) in [5.41, 5.74) is 2.59. The number of aromatic amines is 1. The normalized spacial score (nSPS) is 15.4. The Morgan fingerprint density at radius 3 is 2.44 bits per heavy atom. The van der Waals surface area contributed by atoms with E-state index >= 15 is 0 Å².